The van der Waals surface area contributed by atoms with E-state index < -0.39 is 0 Å². The summed E-state index contributed by atoms with van der Waals surface area (Å²) in [6.45, 7) is 2.93. The lowest BCUT2D eigenvalue weighted by molar-refractivity contribution is 0.102. The van der Waals surface area contributed by atoms with Gasteiger partial charge in [-0.15, -0.1) is 0 Å². The molecule has 0 aromatic heterocycles. The molecule has 2 nitrogen and oxygen atoms in total. The third kappa shape index (κ3) is 5.69. The summed E-state index contributed by atoms with van der Waals surface area (Å²) in [5.74, 6) is 1.77. The van der Waals surface area contributed by atoms with Gasteiger partial charge in [-0.05, 0) is 24.2 Å². The van der Waals surface area contributed by atoms with Crippen molar-refractivity contribution in [2.24, 2.45) is 0 Å². The zero-order valence-corrected chi connectivity index (χ0v) is 12.1. The van der Waals surface area contributed by atoms with E-state index in [2.05, 4.69) is 19.1 Å². The highest BCUT2D eigenvalue weighted by Gasteiger charge is 2.05. The molecular formula is C15H22O2S. The third-order valence-electron chi connectivity index (χ3n) is 2.68. The maximum atomic E-state index is 11.9. The van der Waals surface area contributed by atoms with Crippen molar-refractivity contribution in [1.82, 2.24) is 0 Å². The van der Waals surface area contributed by atoms with Crippen LogP contribution in [0, 0.1) is 0 Å². The molecule has 0 unspecified atom stereocenters. The number of ketones is 1. The Morgan fingerprint density at radius 1 is 1.28 bits per heavy atom. The molecule has 0 saturated heterocycles. The molecule has 1 rings (SSSR count). The second-order valence-electron chi connectivity index (χ2n) is 4.27. The Hall–Kier alpha value is -0.800. The van der Waals surface area contributed by atoms with Crippen molar-refractivity contribution < 1.29 is 9.53 Å². The first-order valence-corrected chi connectivity index (χ1v) is 7.62. The number of hydrogen-bond donors (Lipinski definition) is 0. The maximum absolute atomic E-state index is 11.9. The van der Waals surface area contributed by atoms with Gasteiger partial charge in [-0.1, -0.05) is 37.6 Å². The molecule has 100 valence electrons. The van der Waals surface area contributed by atoms with E-state index in [1.54, 1.807) is 18.9 Å². The van der Waals surface area contributed by atoms with Crippen molar-refractivity contribution in [3.63, 3.8) is 0 Å². The Morgan fingerprint density at radius 3 is 2.61 bits per heavy atom. The summed E-state index contributed by atoms with van der Waals surface area (Å²) >= 11 is 1.68. The highest BCUT2D eigenvalue weighted by molar-refractivity contribution is 7.99. The smallest absolute Gasteiger partial charge is 0.172 e. The van der Waals surface area contributed by atoms with Gasteiger partial charge in [0, 0.05) is 19.3 Å². The van der Waals surface area contributed by atoms with Crippen molar-refractivity contribution in [3.05, 3.63) is 35.4 Å². The lowest BCUT2D eigenvalue weighted by atomic mass is 10.1. The van der Waals surface area contributed by atoms with E-state index in [1.807, 2.05) is 12.1 Å². The molecule has 0 N–H and O–H groups in total. The van der Waals surface area contributed by atoms with Crippen molar-refractivity contribution in [2.45, 2.75) is 26.2 Å². The molecular weight excluding hydrogens is 244 g/mol. The molecule has 0 radical (unpaired) electrons. The summed E-state index contributed by atoms with van der Waals surface area (Å²) in [4.78, 5) is 11.9. The molecule has 0 atom stereocenters. The highest BCUT2D eigenvalue weighted by atomic mass is 32.2. The number of methoxy groups -OCH3 is 1. The Labute approximate surface area is 114 Å². The molecule has 0 fully saturated rings. The first-order chi connectivity index (χ1) is 8.77. The van der Waals surface area contributed by atoms with E-state index in [0.717, 1.165) is 37.2 Å². The largest absolute Gasteiger partial charge is 0.385 e. The molecule has 0 amide bonds. The number of benzene rings is 1. The van der Waals surface area contributed by atoms with Gasteiger partial charge >= 0.3 is 0 Å². The quantitative estimate of drug-likeness (QED) is 0.505. The zero-order valence-electron chi connectivity index (χ0n) is 11.3. The summed E-state index contributed by atoms with van der Waals surface area (Å²) in [5, 5.41) is 0. The van der Waals surface area contributed by atoms with Gasteiger partial charge in [0.2, 0.25) is 0 Å². The zero-order chi connectivity index (χ0) is 13.2. The second kappa shape index (κ2) is 9.17. The summed E-state index contributed by atoms with van der Waals surface area (Å²) in [7, 11) is 1.70. The van der Waals surface area contributed by atoms with Gasteiger partial charge in [-0.25, -0.2) is 0 Å². The number of rotatable bonds is 9. The Balaban J connectivity index is 2.32. The van der Waals surface area contributed by atoms with E-state index in [-0.39, 0.29) is 5.78 Å². The van der Waals surface area contributed by atoms with Crippen LogP contribution in [-0.4, -0.2) is 31.0 Å². The molecule has 0 aliphatic carbocycles. The predicted octanol–water partition coefficient (Wildman–Crippen LogP) is 3.59. The molecule has 3 heteroatoms. The molecule has 1 aromatic carbocycles. The van der Waals surface area contributed by atoms with E-state index in [1.165, 1.54) is 5.56 Å². The van der Waals surface area contributed by atoms with E-state index in [4.69, 9.17) is 4.74 Å². The minimum Gasteiger partial charge on any atom is -0.385 e. The lowest BCUT2D eigenvalue weighted by Gasteiger charge is -2.03. The highest BCUT2D eigenvalue weighted by Crippen LogP contribution is 2.11. The van der Waals surface area contributed by atoms with Crippen LogP contribution in [0.2, 0.25) is 0 Å². The van der Waals surface area contributed by atoms with Crippen LogP contribution >= 0.6 is 11.8 Å². The number of carbonyl (C=O) groups is 1. The Kier molecular flexibility index (Phi) is 7.78. The maximum Gasteiger partial charge on any atom is 0.172 e. The van der Waals surface area contributed by atoms with Crippen LogP contribution in [-0.2, 0) is 11.2 Å². The normalized spacial score (nSPS) is 10.6. The Morgan fingerprint density at radius 2 is 2.00 bits per heavy atom. The summed E-state index contributed by atoms with van der Waals surface area (Å²) in [6.07, 6.45) is 3.23. The Bertz CT molecular complexity index is 346. The van der Waals surface area contributed by atoms with Gasteiger partial charge in [-0.3, -0.25) is 4.79 Å². The SMILES string of the molecule is CCCc1ccc(C(=O)CSCCCOC)cc1. The summed E-state index contributed by atoms with van der Waals surface area (Å²) in [6, 6.07) is 8.02. The number of aryl methyl sites for hydroxylation is 1. The van der Waals surface area contributed by atoms with Crippen molar-refractivity contribution in [1.29, 1.82) is 0 Å². The van der Waals surface area contributed by atoms with Crippen LogP contribution in [0.1, 0.15) is 35.7 Å². The van der Waals surface area contributed by atoms with Gasteiger partial charge in [0.1, 0.15) is 0 Å². The average Bonchev–Trinajstić information content (AvgIpc) is 2.39. The predicted molar refractivity (Wildman–Crippen MR) is 78.6 cm³/mol. The number of Topliss-reactive ketones (excluding diaryl/α,β-unsaturated/α-hetero) is 1. The molecule has 0 bridgehead atoms. The molecule has 18 heavy (non-hydrogen) atoms. The van der Waals surface area contributed by atoms with E-state index in [9.17, 15) is 4.79 Å². The van der Waals surface area contributed by atoms with Crippen LogP contribution in [0.25, 0.3) is 0 Å². The monoisotopic (exact) mass is 266 g/mol. The number of hydrogen-bond acceptors (Lipinski definition) is 3. The van der Waals surface area contributed by atoms with Gasteiger partial charge in [0.25, 0.3) is 0 Å². The molecule has 1 aromatic rings. The first-order valence-electron chi connectivity index (χ1n) is 6.46. The fourth-order valence-electron chi connectivity index (χ4n) is 1.70. The number of thioether (sulfide) groups is 1. The second-order valence-corrected chi connectivity index (χ2v) is 5.37. The average molecular weight is 266 g/mol. The fourth-order valence-corrected chi connectivity index (χ4v) is 2.52. The summed E-state index contributed by atoms with van der Waals surface area (Å²) in [5.41, 5.74) is 2.14. The molecule has 0 aliphatic rings. The molecule has 0 heterocycles. The lowest BCUT2D eigenvalue weighted by Crippen LogP contribution is -2.03. The minimum atomic E-state index is 0.223. The summed E-state index contributed by atoms with van der Waals surface area (Å²) < 4.78 is 4.97. The third-order valence-corrected chi connectivity index (χ3v) is 3.73. The molecule has 0 spiro atoms. The van der Waals surface area contributed by atoms with Crippen molar-refractivity contribution >= 4 is 17.5 Å². The van der Waals surface area contributed by atoms with Crippen LogP contribution < -0.4 is 0 Å². The van der Waals surface area contributed by atoms with Crippen LogP contribution in [0.3, 0.4) is 0 Å². The standard InChI is InChI=1S/C15H22O2S/c1-3-5-13-6-8-14(9-7-13)15(16)12-18-11-4-10-17-2/h6-9H,3-5,10-12H2,1-2H3. The molecule has 0 saturated carbocycles. The van der Waals surface area contributed by atoms with Crippen LogP contribution in [0.5, 0.6) is 0 Å². The van der Waals surface area contributed by atoms with Gasteiger partial charge in [0.15, 0.2) is 5.78 Å². The molecule has 0 aliphatic heterocycles. The first kappa shape index (κ1) is 15.3. The van der Waals surface area contributed by atoms with Crippen molar-refractivity contribution in [2.75, 3.05) is 25.2 Å². The van der Waals surface area contributed by atoms with Crippen LogP contribution in [0.15, 0.2) is 24.3 Å². The number of ether oxygens (including phenoxy) is 1. The minimum absolute atomic E-state index is 0.223. The number of carbonyl (C=O) groups excluding carboxylic acids is 1. The van der Waals surface area contributed by atoms with Gasteiger partial charge in [-0.2, -0.15) is 11.8 Å². The van der Waals surface area contributed by atoms with E-state index in [0.29, 0.717) is 5.75 Å². The van der Waals surface area contributed by atoms with Crippen molar-refractivity contribution in [3.8, 4) is 0 Å². The topological polar surface area (TPSA) is 26.3 Å². The van der Waals surface area contributed by atoms with Crippen LogP contribution in [0.4, 0.5) is 0 Å². The van der Waals surface area contributed by atoms with Gasteiger partial charge < -0.3 is 4.74 Å². The van der Waals surface area contributed by atoms with E-state index >= 15 is 0 Å². The fraction of sp³-hybridized carbons (Fsp3) is 0.533. The van der Waals surface area contributed by atoms with Gasteiger partial charge in [0.05, 0.1) is 5.75 Å².